The van der Waals surface area contributed by atoms with Crippen LogP contribution in [0.4, 0.5) is 5.69 Å². The van der Waals surface area contributed by atoms with Crippen LogP contribution in [-0.4, -0.2) is 25.7 Å². The summed E-state index contributed by atoms with van der Waals surface area (Å²) in [6.45, 7) is 4.37. The Balaban J connectivity index is 2.49. The standard InChI is InChI=1S/C16H19NO2/c1-4-17(16(18)12(2)19-3)15-11-7-9-13-8-5-6-10-14(13)15/h5-12H,4H2,1-3H3. The minimum absolute atomic E-state index is 0.0126. The maximum atomic E-state index is 12.4. The first-order valence-corrected chi connectivity index (χ1v) is 6.51. The number of carbonyl (C=O) groups is 1. The number of rotatable bonds is 4. The Labute approximate surface area is 113 Å². The number of hydrogen-bond donors (Lipinski definition) is 0. The summed E-state index contributed by atoms with van der Waals surface area (Å²) < 4.78 is 5.14. The third-order valence-corrected chi connectivity index (χ3v) is 3.34. The summed E-state index contributed by atoms with van der Waals surface area (Å²) in [6, 6.07) is 14.1. The molecule has 0 heterocycles. The van der Waals surface area contributed by atoms with E-state index < -0.39 is 6.10 Å². The maximum Gasteiger partial charge on any atom is 0.255 e. The fourth-order valence-electron chi connectivity index (χ4n) is 2.21. The highest BCUT2D eigenvalue weighted by Gasteiger charge is 2.21. The van der Waals surface area contributed by atoms with Crippen LogP contribution in [-0.2, 0) is 9.53 Å². The van der Waals surface area contributed by atoms with Crippen molar-refractivity contribution < 1.29 is 9.53 Å². The maximum absolute atomic E-state index is 12.4. The molecular weight excluding hydrogens is 238 g/mol. The minimum Gasteiger partial charge on any atom is -0.372 e. The Morgan fingerprint density at radius 3 is 2.58 bits per heavy atom. The third-order valence-electron chi connectivity index (χ3n) is 3.34. The Kier molecular flexibility index (Phi) is 4.17. The Hall–Kier alpha value is -1.87. The molecule has 1 unspecified atom stereocenters. The van der Waals surface area contributed by atoms with E-state index in [-0.39, 0.29) is 5.91 Å². The van der Waals surface area contributed by atoms with E-state index in [0.29, 0.717) is 6.54 Å². The topological polar surface area (TPSA) is 29.5 Å². The zero-order valence-corrected chi connectivity index (χ0v) is 11.6. The number of ether oxygens (including phenoxy) is 1. The van der Waals surface area contributed by atoms with Gasteiger partial charge in [0.2, 0.25) is 0 Å². The van der Waals surface area contributed by atoms with Crippen LogP contribution in [0.3, 0.4) is 0 Å². The highest BCUT2D eigenvalue weighted by atomic mass is 16.5. The highest BCUT2D eigenvalue weighted by Crippen LogP contribution is 2.27. The first-order valence-electron chi connectivity index (χ1n) is 6.51. The van der Waals surface area contributed by atoms with Gasteiger partial charge in [0.15, 0.2) is 0 Å². The Bertz CT molecular complexity index is 574. The second kappa shape index (κ2) is 5.85. The van der Waals surface area contributed by atoms with Crippen molar-refractivity contribution in [2.75, 3.05) is 18.6 Å². The Morgan fingerprint density at radius 1 is 1.21 bits per heavy atom. The van der Waals surface area contributed by atoms with Gasteiger partial charge in [0.05, 0.1) is 5.69 Å². The minimum atomic E-state index is -0.432. The van der Waals surface area contributed by atoms with Gasteiger partial charge in [-0.2, -0.15) is 0 Å². The van der Waals surface area contributed by atoms with Gasteiger partial charge in [-0.1, -0.05) is 36.4 Å². The van der Waals surface area contributed by atoms with Gasteiger partial charge in [-0.15, -0.1) is 0 Å². The Morgan fingerprint density at radius 2 is 1.89 bits per heavy atom. The molecule has 19 heavy (non-hydrogen) atoms. The van der Waals surface area contributed by atoms with Gasteiger partial charge in [-0.3, -0.25) is 4.79 Å². The van der Waals surface area contributed by atoms with Crippen molar-refractivity contribution in [1.29, 1.82) is 0 Å². The van der Waals surface area contributed by atoms with Gasteiger partial charge in [-0.05, 0) is 25.3 Å². The monoisotopic (exact) mass is 257 g/mol. The molecule has 0 fully saturated rings. The lowest BCUT2D eigenvalue weighted by Gasteiger charge is -2.25. The molecule has 0 saturated carbocycles. The second-order valence-corrected chi connectivity index (χ2v) is 4.46. The van der Waals surface area contributed by atoms with E-state index in [1.807, 2.05) is 37.3 Å². The fourth-order valence-corrected chi connectivity index (χ4v) is 2.21. The van der Waals surface area contributed by atoms with E-state index in [1.165, 1.54) is 0 Å². The van der Waals surface area contributed by atoms with E-state index in [1.54, 1.807) is 18.9 Å². The van der Waals surface area contributed by atoms with Gasteiger partial charge in [0, 0.05) is 19.0 Å². The van der Waals surface area contributed by atoms with Crippen LogP contribution in [0, 0.1) is 0 Å². The summed E-state index contributed by atoms with van der Waals surface area (Å²) >= 11 is 0. The summed E-state index contributed by atoms with van der Waals surface area (Å²) in [5.41, 5.74) is 0.939. The van der Waals surface area contributed by atoms with Crippen molar-refractivity contribution in [3.05, 3.63) is 42.5 Å². The molecule has 0 aliphatic heterocycles. The molecule has 2 rings (SSSR count). The molecule has 0 N–H and O–H groups in total. The predicted octanol–water partition coefficient (Wildman–Crippen LogP) is 3.23. The van der Waals surface area contributed by atoms with Gasteiger partial charge < -0.3 is 9.64 Å². The molecule has 0 aliphatic carbocycles. The highest BCUT2D eigenvalue weighted by molar-refractivity contribution is 6.05. The zero-order valence-electron chi connectivity index (χ0n) is 11.6. The summed E-state index contributed by atoms with van der Waals surface area (Å²) in [6.07, 6.45) is -0.432. The van der Waals surface area contributed by atoms with Crippen LogP contribution in [0.15, 0.2) is 42.5 Å². The van der Waals surface area contributed by atoms with Gasteiger partial charge >= 0.3 is 0 Å². The number of hydrogen-bond acceptors (Lipinski definition) is 2. The van der Waals surface area contributed by atoms with Crippen LogP contribution in [0.2, 0.25) is 0 Å². The lowest BCUT2D eigenvalue weighted by atomic mass is 10.1. The lowest BCUT2D eigenvalue weighted by molar-refractivity contribution is -0.127. The molecule has 0 aliphatic rings. The summed E-state index contributed by atoms with van der Waals surface area (Å²) in [5, 5.41) is 2.22. The quantitative estimate of drug-likeness (QED) is 0.841. The van der Waals surface area contributed by atoms with E-state index >= 15 is 0 Å². The molecule has 2 aromatic carbocycles. The molecule has 0 aromatic heterocycles. The average Bonchev–Trinajstić information content (AvgIpc) is 2.47. The first-order chi connectivity index (χ1) is 9.19. The SMILES string of the molecule is CCN(C(=O)C(C)OC)c1cccc2ccccc12. The lowest BCUT2D eigenvalue weighted by Crippen LogP contribution is -2.38. The van der Waals surface area contributed by atoms with Crippen molar-refractivity contribution in [2.45, 2.75) is 20.0 Å². The zero-order chi connectivity index (χ0) is 13.8. The molecule has 0 radical (unpaired) electrons. The average molecular weight is 257 g/mol. The van der Waals surface area contributed by atoms with E-state index in [0.717, 1.165) is 16.5 Å². The fraction of sp³-hybridized carbons (Fsp3) is 0.312. The van der Waals surface area contributed by atoms with Crippen molar-refractivity contribution in [3.8, 4) is 0 Å². The third kappa shape index (κ3) is 2.61. The summed E-state index contributed by atoms with van der Waals surface area (Å²) in [5.74, 6) is -0.0126. The number of anilines is 1. The van der Waals surface area contributed by atoms with Crippen LogP contribution in [0.1, 0.15) is 13.8 Å². The van der Waals surface area contributed by atoms with Gasteiger partial charge in [0.25, 0.3) is 5.91 Å². The van der Waals surface area contributed by atoms with Crippen LogP contribution in [0.5, 0.6) is 0 Å². The molecule has 100 valence electrons. The molecule has 2 aromatic rings. The number of methoxy groups -OCH3 is 1. The molecule has 1 atom stereocenters. The van der Waals surface area contributed by atoms with Crippen molar-refractivity contribution in [1.82, 2.24) is 0 Å². The molecular formula is C16H19NO2. The van der Waals surface area contributed by atoms with Crippen LogP contribution in [0.25, 0.3) is 10.8 Å². The summed E-state index contributed by atoms with van der Waals surface area (Å²) in [4.78, 5) is 14.1. The number of likely N-dealkylation sites (N-methyl/N-ethyl adjacent to an activating group) is 1. The number of amides is 1. The van der Waals surface area contributed by atoms with Crippen molar-refractivity contribution in [3.63, 3.8) is 0 Å². The number of benzene rings is 2. The van der Waals surface area contributed by atoms with E-state index in [9.17, 15) is 4.79 Å². The predicted molar refractivity (Wildman–Crippen MR) is 78.4 cm³/mol. The smallest absolute Gasteiger partial charge is 0.255 e. The molecule has 0 bridgehead atoms. The number of nitrogens with zero attached hydrogens (tertiary/aromatic N) is 1. The van der Waals surface area contributed by atoms with Crippen molar-refractivity contribution in [2.24, 2.45) is 0 Å². The normalized spacial score (nSPS) is 12.4. The molecule has 0 spiro atoms. The van der Waals surface area contributed by atoms with Crippen LogP contribution < -0.4 is 4.90 Å². The van der Waals surface area contributed by atoms with E-state index in [2.05, 4.69) is 12.1 Å². The van der Waals surface area contributed by atoms with Gasteiger partial charge in [0.1, 0.15) is 6.10 Å². The first kappa shape index (κ1) is 13.6. The van der Waals surface area contributed by atoms with Crippen molar-refractivity contribution >= 4 is 22.4 Å². The number of carbonyl (C=O) groups excluding carboxylic acids is 1. The summed E-state index contributed by atoms with van der Waals surface area (Å²) in [7, 11) is 1.56. The number of fused-ring (bicyclic) bond motifs is 1. The van der Waals surface area contributed by atoms with E-state index in [4.69, 9.17) is 4.74 Å². The van der Waals surface area contributed by atoms with Crippen LogP contribution >= 0.6 is 0 Å². The largest absolute Gasteiger partial charge is 0.372 e. The molecule has 3 heteroatoms. The second-order valence-electron chi connectivity index (χ2n) is 4.46. The molecule has 1 amide bonds. The molecule has 3 nitrogen and oxygen atoms in total. The molecule has 0 saturated heterocycles. The van der Waals surface area contributed by atoms with Gasteiger partial charge in [-0.25, -0.2) is 0 Å².